The molecule has 3 N–H and O–H groups in total. The van der Waals surface area contributed by atoms with Gasteiger partial charge in [-0.1, -0.05) is 12.1 Å². The molecule has 0 saturated carbocycles. The number of carbonyl (C=O) groups excluding carboxylic acids is 2. The van der Waals surface area contributed by atoms with Crippen molar-refractivity contribution in [1.82, 2.24) is 5.32 Å². The van der Waals surface area contributed by atoms with Crippen molar-refractivity contribution in [2.24, 2.45) is 0 Å². The zero-order valence-corrected chi connectivity index (χ0v) is 15.5. The van der Waals surface area contributed by atoms with E-state index in [1.54, 1.807) is 22.9 Å². The van der Waals surface area contributed by atoms with Gasteiger partial charge < -0.3 is 20.2 Å². The number of alkyl halides is 3. The summed E-state index contributed by atoms with van der Waals surface area (Å²) in [6.07, 6.45) is -3.35. The maximum absolute atomic E-state index is 13.0. The smallest absolute Gasteiger partial charge is 0.418 e. The van der Waals surface area contributed by atoms with Crippen molar-refractivity contribution in [2.45, 2.75) is 11.8 Å². The minimum Gasteiger partial charge on any atom is -0.466 e. The first kappa shape index (κ1) is 20.6. The van der Waals surface area contributed by atoms with Crippen LogP contribution in [0.15, 0.2) is 63.9 Å². The van der Waals surface area contributed by atoms with E-state index in [4.69, 9.17) is 4.42 Å². The molecular weight excluding hydrogens is 409 g/mol. The first-order valence-corrected chi connectivity index (χ1v) is 9.20. The zero-order valence-electron chi connectivity index (χ0n) is 14.7. The van der Waals surface area contributed by atoms with Gasteiger partial charge in [-0.2, -0.15) is 24.5 Å². The molecule has 3 rings (SSSR count). The highest BCUT2D eigenvalue weighted by atomic mass is 32.1. The van der Waals surface area contributed by atoms with Crippen molar-refractivity contribution in [3.63, 3.8) is 0 Å². The van der Waals surface area contributed by atoms with Gasteiger partial charge >= 0.3 is 18.0 Å². The SMILES string of the molecule is O=C(NC[C@@](O)(c1ccsc1)c1ccco1)C(=O)Nc1ccccc1C(F)(F)F. The van der Waals surface area contributed by atoms with Crippen LogP contribution in [0.1, 0.15) is 16.9 Å². The summed E-state index contributed by atoms with van der Waals surface area (Å²) in [4.78, 5) is 24.2. The molecule has 10 heteroatoms. The molecule has 1 atom stereocenters. The Labute approximate surface area is 167 Å². The number of carbonyl (C=O) groups is 2. The fraction of sp³-hybridized carbons (Fsp3) is 0.158. The van der Waals surface area contributed by atoms with Crippen molar-refractivity contribution < 1.29 is 32.3 Å². The number of para-hydroxylation sites is 1. The first-order valence-electron chi connectivity index (χ1n) is 8.26. The number of amides is 2. The van der Waals surface area contributed by atoms with Gasteiger partial charge in [0.15, 0.2) is 5.60 Å². The highest BCUT2D eigenvalue weighted by molar-refractivity contribution is 7.08. The molecule has 0 spiro atoms. The quantitative estimate of drug-likeness (QED) is 0.548. The third kappa shape index (κ3) is 4.49. The predicted molar refractivity (Wildman–Crippen MR) is 99.1 cm³/mol. The van der Waals surface area contributed by atoms with Gasteiger partial charge in [0.1, 0.15) is 5.76 Å². The molecule has 2 amide bonds. The van der Waals surface area contributed by atoms with E-state index >= 15 is 0 Å². The lowest BCUT2D eigenvalue weighted by atomic mass is 9.93. The Kier molecular flexibility index (Phi) is 5.76. The standard InChI is InChI=1S/C19H15F3N2O4S/c20-19(21,22)13-4-1-2-5-14(13)24-17(26)16(25)23-11-18(27,12-7-9-29-10-12)15-6-3-8-28-15/h1-10,27H,11H2,(H,23,25)(H,24,26)/t18-/m1/s1. The Morgan fingerprint density at radius 2 is 1.83 bits per heavy atom. The van der Waals surface area contributed by atoms with Gasteiger partial charge in [0.2, 0.25) is 0 Å². The number of anilines is 1. The topological polar surface area (TPSA) is 91.6 Å². The fourth-order valence-electron chi connectivity index (χ4n) is 2.65. The van der Waals surface area contributed by atoms with Crippen LogP contribution in [0.5, 0.6) is 0 Å². The van der Waals surface area contributed by atoms with E-state index in [-0.39, 0.29) is 5.76 Å². The summed E-state index contributed by atoms with van der Waals surface area (Å²) in [5.74, 6) is -2.37. The number of nitrogens with one attached hydrogen (secondary N) is 2. The van der Waals surface area contributed by atoms with Crippen LogP contribution in [-0.2, 0) is 21.4 Å². The van der Waals surface area contributed by atoms with Crippen LogP contribution in [0.2, 0.25) is 0 Å². The third-order valence-corrected chi connectivity index (χ3v) is 4.80. The number of aliphatic hydroxyl groups is 1. The highest BCUT2D eigenvalue weighted by Gasteiger charge is 2.37. The predicted octanol–water partition coefficient (Wildman–Crippen LogP) is 3.35. The van der Waals surface area contributed by atoms with Crippen LogP contribution in [-0.4, -0.2) is 23.5 Å². The summed E-state index contributed by atoms with van der Waals surface area (Å²) < 4.78 is 44.3. The van der Waals surface area contributed by atoms with Gasteiger partial charge in [-0.25, -0.2) is 0 Å². The Bertz CT molecular complexity index is 951. The molecule has 2 aromatic heterocycles. The highest BCUT2D eigenvalue weighted by Crippen LogP contribution is 2.34. The van der Waals surface area contributed by atoms with Crippen molar-refractivity contribution in [3.05, 3.63) is 76.4 Å². The maximum Gasteiger partial charge on any atom is 0.418 e. The third-order valence-electron chi connectivity index (χ3n) is 4.12. The fourth-order valence-corrected chi connectivity index (χ4v) is 3.38. The number of rotatable bonds is 5. The van der Waals surface area contributed by atoms with Crippen molar-refractivity contribution >= 4 is 28.8 Å². The second kappa shape index (κ2) is 8.10. The van der Waals surface area contributed by atoms with Crippen LogP contribution in [0.3, 0.4) is 0 Å². The molecule has 0 aliphatic rings. The monoisotopic (exact) mass is 424 g/mol. The molecule has 0 saturated heterocycles. The normalized spacial score (nSPS) is 13.5. The van der Waals surface area contributed by atoms with Crippen LogP contribution < -0.4 is 10.6 Å². The Morgan fingerprint density at radius 1 is 1.07 bits per heavy atom. The molecule has 29 heavy (non-hydrogen) atoms. The van der Waals surface area contributed by atoms with Crippen molar-refractivity contribution in [1.29, 1.82) is 0 Å². The number of hydrogen-bond donors (Lipinski definition) is 3. The molecule has 2 heterocycles. The van der Waals surface area contributed by atoms with Gasteiger partial charge in [0, 0.05) is 5.56 Å². The summed E-state index contributed by atoms with van der Waals surface area (Å²) in [7, 11) is 0. The minimum absolute atomic E-state index is 0.138. The number of halogens is 3. The lowest BCUT2D eigenvalue weighted by Gasteiger charge is -2.25. The molecule has 0 radical (unpaired) electrons. The summed E-state index contributed by atoms with van der Waals surface area (Å²) in [5.41, 5.74) is -2.94. The zero-order chi connectivity index (χ0) is 21.1. The van der Waals surface area contributed by atoms with Crippen LogP contribution >= 0.6 is 11.3 Å². The largest absolute Gasteiger partial charge is 0.466 e. The molecule has 6 nitrogen and oxygen atoms in total. The summed E-state index contributed by atoms with van der Waals surface area (Å²) in [5, 5.41) is 18.6. The average Bonchev–Trinajstić information content (AvgIpc) is 3.39. The molecule has 0 bridgehead atoms. The second-order valence-corrected chi connectivity index (χ2v) is 6.81. The number of hydrogen-bond acceptors (Lipinski definition) is 5. The summed E-state index contributed by atoms with van der Waals surface area (Å²) in [6.45, 7) is -0.426. The van der Waals surface area contributed by atoms with E-state index in [2.05, 4.69) is 5.32 Å². The van der Waals surface area contributed by atoms with Crippen LogP contribution in [0.25, 0.3) is 0 Å². The van der Waals surface area contributed by atoms with E-state index in [1.165, 1.54) is 35.8 Å². The molecule has 0 aliphatic carbocycles. The summed E-state index contributed by atoms with van der Waals surface area (Å²) in [6, 6.07) is 8.98. The minimum atomic E-state index is -4.70. The van der Waals surface area contributed by atoms with Gasteiger partial charge in [-0.15, -0.1) is 0 Å². The summed E-state index contributed by atoms with van der Waals surface area (Å²) >= 11 is 1.31. The molecule has 3 aromatic rings. The molecule has 0 fully saturated rings. The van der Waals surface area contributed by atoms with Gasteiger partial charge in [-0.3, -0.25) is 9.59 Å². The van der Waals surface area contributed by atoms with Gasteiger partial charge in [0.05, 0.1) is 24.1 Å². The van der Waals surface area contributed by atoms with Gasteiger partial charge in [0.25, 0.3) is 0 Å². The van der Waals surface area contributed by atoms with Gasteiger partial charge in [-0.05, 0) is 41.1 Å². The number of thiophene rings is 1. The molecule has 152 valence electrons. The lowest BCUT2D eigenvalue weighted by Crippen LogP contribution is -2.45. The van der Waals surface area contributed by atoms with Crippen molar-refractivity contribution in [3.8, 4) is 0 Å². The van der Waals surface area contributed by atoms with Crippen LogP contribution in [0.4, 0.5) is 18.9 Å². The second-order valence-electron chi connectivity index (χ2n) is 6.03. The lowest BCUT2D eigenvalue weighted by molar-refractivity contribution is -0.138. The average molecular weight is 424 g/mol. The molecule has 0 unspecified atom stereocenters. The Hall–Kier alpha value is -3.11. The number of furan rings is 1. The Balaban J connectivity index is 1.73. The van der Waals surface area contributed by atoms with E-state index in [0.717, 1.165) is 12.1 Å². The molecule has 1 aromatic carbocycles. The molecule has 0 aliphatic heterocycles. The van der Waals surface area contributed by atoms with E-state index < -0.39 is 41.4 Å². The van der Waals surface area contributed by atoms with Crippen LogP contribution in [0, 0.1) is 0 Å². The maximum atomic E-state index is 13.0. The van der Waals surface area contributed by atoms with E-state index in [1.807, 2.05) is 5.32 Å². The van der Waals surface area contributed by atoms with E-state index in [0.29, 0.717) is 5.56 Å². The number of benzene rings is 1. The van der Waals surface area contributed by atoms with Crippen molar-refractivity contribution in [2.75, 3.05) is 11.9 Å². The Morgan fingerprint density at radius 3 is 2.45 bits per heavy atom. The van der Waals surface area contributed by atoms with E-state index in [9.17, 15) is 27.9 Å². The first-order chi connectivity index (χ1) is 13.7. The molecular formula is C19H15F3N2O4S.